The van der Waals surface area contributed by atoms with E-state index in [1.165, 1.54) is 0 Å². The molecule has 2 aliphatic heterocycles. The van der Waals surface area contributed by atoms with E-state index in [-0.39, 0.29) is 11.6 Å². The third-order valence-electron chi connectivity index (χ3n) is 4.67. The molecule has 1 saturated heterocycles. The summed E-state index contributed by atoms with van der Waals surface area (Å²) in [5.41, 5.74) is 2.53. The summed E-state index contributed by atoms with van der Waals surface area (Å²) in [5, 5.41) is 3.68. The van der Waals surface area contributed by atoms with Crippen LogP contribution in [0.5, 0.6) is 0 Å². The normalized spacial score (nSPS) is 19.3. The van der Waals surface area contributed by atoms with Gasteiger partial charge in [-0.2, -0.15) is 11.8 Å². The molecule has 1 amide bonds. The van der Waals surface area contributed by atoms with Crippen molar-refractivity contribution in [3.8, 4) is 0 Å². The second-order valence-corrected chi connectivity index (χ2v) is 7.29. The van der Waals surface area contributed by atoms with E-state index in [0.717, 1.165) is 41.2 Å². The van der Waals surface area contributed by atoms with Gasteiger partial charge in [0.15, 0.2) is 0 Å². The van der Waals surface area contributed by atoms with Gasteiger partial charge in [0.25, 0.3) is 5.91 Å². The first-order valence-electron chi connectivity index (χ1n) is 7.94. The molecule has 4 nitrogen and oxygen atoms in total. The minimum Gasteiger partial charge on any atom is -0.362 e. The minimum atomic E-state index is -0.271. The standard InChI is InChI=1S/C18H19N3OS/c22-17-15-5-1-2-6-16(15)20-18(7-10-23-11-8-18)21(17)13-14-4-3-9-19-12-14/h1-6,9,12,20H,7-8,10-11,13H2. The zero-order valence-corrected chi connectivity index (χ0v) is 13.7. The first kappa shape index (κ1) is 14.6. The molecule has 0 radical (unpaired) electrons. The van der Waals surface area contributed by atoms with Crippen LogP contribution >= 0.6 is 11.8 Å². The molecule has 0 aliphatic carbocycles. The number of rotatable bonds is 2. The van der Waals surface area contributed by atoms with Gasteiger partial charge in [-0.15, -0.1) is 0 Å². The third kappa shape index (κ3) is 2.59. The summed E-state index contributed by atoms with van der Waals surface area (Å²) >= 11 is 1.96. The Labute approximate surface area is 140 Å². The molecule has 0 unspecified atom stereocenters. The van der Waals surface area contributed by atoms with Gasteiger partial charge in [0.2, 0.25) is 0 Å². The lowest BCUT2D eigenvalue weighted by Crippen LogP contribution is -2.61. The maximum absolute atomic E-state index is 13.2. The maximum atomic E-state index is 13.2. The molecule has 3 heterocycles. The molecular weight excluding hydrogens is 306 g/mol. The van der Waals surface area contributed by atoms with Crippen molar-refractivity contribution in [2.75, 3.05) is 16.8 Å². The van der Waals surface area contributed by atoms with E-state index in [4.69, 9.17) is 0 Å². The van der Waals surface area contributed by atoms with Gasteiger partial charge in [-0.3, -0.25) is 9.78 Å². The van der Waals surface area contributed by atoms with E-state index in [9.17, 15) is 4.79 Å². The van der Waals surface area contributed by atoms with E-state index in [1.807, 2.05) is 59.3 Å². The smallest absolute Gasteiger partial charge is 0.258 e. The van der Waals surface area contributed by atoms with Crippen molar-refractivity contribution < 1.29 is 4.79 Å². The summed E-state index contributed by atoms with van der Waals surface area (Å²) in [6.45, 7) is 0.596. The summed E-state index contributed by atoms with van der Waals surface area (Å²) in [4.78, 5) is 19.4. The molecule has 0 atom stereocenters. The molecule has 1 N–H and O–H groups in total. The quantitative estimate of drug-likeness (QED) is 0.919. The Morgan fingerprint density at radius 1 is 1.17 bits per heavy atom. The highest BCUT2D eigenvalue weighted by Crippen LogP contribution is 2.40. The number of para-hydroxylation sites is 1. The van der Waals surface area contributed by atoms with Crippen molar-refractivity contribution in [1.29, 1.82) is 0 Å². The largest absolute Gasteiger partial charge is 0.362 e. The molecule has 1 spiro atoms. The number of hydrogen-bond donors (Lipinski definition) is 1. The number of benzene rings is 1. The van der Waals surface area contributed by atoms with Crippen molar-refractivity contribution in [2.24, 2.45) is 0 Å². The van der Waals surface area contributed by atoms with Crippen LogP contribution in [0, 0.1) is 0 Å². The fourth-order valence-corrected chi connectivity index (χ4v) is 4.61. The number of aromatic nitrogens is 1. The van der Waals surface area contributed by atoms with Crippen LogP contribution in [-0.4, -0.2) is 33.0 Å². The number of carbonyl (C=O) groups excluding carboxylic acids is 1. The van der Waals surface area contributed by atoms with Crippen LogP contribution in [0.4, 0.5) is 5.69 Å². The van der Waals surface area contributed by atoms with Gasteiger partial charge < -0.3 is 10.2 Å². The Kier molecular flexibility index (Phi) is 3.73. The van der Waals surface area contributed by atoms with Gasteiger partial charge in [0.1, 0.15) is 5.66 Å². The Morgan fingerprint density at radius 3 is 2.78 bits per heavy atom. The monoisotopic (exact) mass is 325 g/mol. The highest BCUT2D eigenvalue weighted by molar-refractivity contribution is 7.99. The van der Waals surface area contributed by atoms with Gasteiger partial charge >= 0.3 is 0 Å². The molecule has 4 rings (SSSR count). The second kappa shape index (κ2) is 5.89. The van der Waals surface area contributed by atoms with Crippen LogP contribution in [0.25, 0.3) is 0 Å². The van der Waals surface area contributed by atoms with Crippen molar-refractivity contribution in [3.05, 3.63) is 59.9 Å². The lowest BCUT2D eigenvalue weighted by Gasteiger charge is -2.50. The van der Waals surface area contributed by atoms with Crippen molar-refractivity contribution in [1.82, 2.24) is 9.88 Å². The Bertz CT molecular complexity index is 713. The average Bonchev–Trinajstić information content (AvgIpc) is 2.60. The van der Waals surface area contributed by atoms with Gasteiger partial charge in [0.05, 0.1) is 5.56 Å². The van der Waals surface area contributed by atoms with E-state index in [2.05, 4.69) is 10.3 Å². The number of anilines is 1. The summed E-state index contributed by atoms with van der Waals surface area (Å²) in [6, 6.07) is 11.8. The summed E-state index contributed by atoms with van der Waals surface area (Å²) in [7, 11) is 0. The van der Waals surface area contributed by atoms with Crippen molar-refractivity contribution in [2.45, 2.75) is 25.0 Å². The summed E-state index contributed by atoms with van der Waals surface area (Å²) < 4.78 is 0. The molecule has 5 heteroatoms. The molecule has 23 heavy (non-hydrogen) atoms. The first-order valence-corrected chi connectivity index (χ1v) is 9.10. The lowest BCUT2D eigenvalue weighted by atomic mass is 9.93. The van der Waals surface area contributed by atoms with Crippen LogP contribution in [0.2, 0.25) is 0 Å². The van der Waals surface area contributed by atoms with Gasteiger partial charge in [0, 0.05) is 24.6 Å². The second-order valence-electron chi connectivity index (χ2n) is 6.07. The Morgan fingerprint density at radius 2 is 2.00 bits per heavy atom. The van der Waals surface area contributed by atoms with Crippen molar-refractivity contribution >= 4 is 23.4 Å². The van der Waals surface area contributed by atoms with Crippen LogP contribution in [-0.2, 0) is 6.54 Å². The first-order chi connectivity index (χ1) is 11.3. The summed E-state index contributed by atoms with van der Waals surface area (Å²) in [6.07, 6.45) is 5.55. The zero-order chi connectivity index (χ0) is 15.7. The number of carbonyl (C=O) groups is 1. The molecule has 1 fully saturated rings. The molecule has 0 bridgehead atoms. The lowest BCUT2D eigenvalue weighted by molar-refractivity contribution is 0.0452. The fourth-order valence-electron chi connectivity index (χ4n) is 3.44. The molecule has 2 aromatic rings. The highest BCUT2D eigenvalue weighted by Gasteiger charge is 2.45. The number of nitrogens with one attached hydrogen (secondary N) is 1. The Balaban J connectivity index is 1.75. The van der Waals surface area contributed by atoms with Crippen LogP contribution in [0.15, 0.2) is 48.8 Å². The summed E-state index contributed by atoms with van der Waals surface area (Å²) in [5.74, 6) is 2.27. The average molecular weight is 325 g/mol. The minimum absolute atomic E-state index is 0.120. The van der Waals surface area contributed by atoms with E-state index >= 15 is 0 Å². The molecule has 1 aromatic heterocycles. The predicted molar refractivity (Wildman–Crippen MR) is 93.5 cm³/mol. The van der Waals surface area contributed by atoms with Crippen LogP contribution in [0.3, 0.4) is 0 Å². The van der Waals surface area contributed by atoms with E-state index in [1.54, 1.807) is 6.20 Å². The number of pyridine rings is 1. The number of nitrogens with zero attached hydrogens (tertiary/aromatic N) is 2. The third-order valence-corrected chi connectivity index (χ3v) is 5.66. The molecule has 118 valence electrons. The Hall–Kier alpha value is -2.01. The van der Waals surface area contributed by atoms with Crippen LogP contribution < -0.4 is 5.32 Å². The highest BCUT2D eigenvalue weighted by atomic mass is 32.2. The fraction of sp³-hybridized carbons (Fsp3) is 0.333. The number of fused-ring (bicyclic) bond motifs is 1. The van der Waals surface area contributed by atoms with E-state index < -0.39 is 0 Å². The topological polar surface area (TPSA) is 45.2 Å². The molecule has 0 saturated carbocycles. The molecular formula is C18H19N3OS. The molecule has 1 aromatic carbocycles. The van der Waals surface area contributed by atoms with Gasteiger partial charge in [-0.05, 0) is 48.1 Å². The maximum Gasteiger partial charge on any atom is 0.258 e. The van der Waals surface area contributed by atoms with Crippen molar-refractivity contribution in [3.63, 3.8) is 0 Å². The number of thioether (sulfide) groups is 1. The van der Waals surface area contributed by atoms with Gasteiger partial charge in [-0.25, -0.2) is 0 Å². The van der Waals surface area contributed by atoms with Crippen LogP contribution in [0.1, 0.15) is 28.8 Å². The molecule has 2 aliphatic rings. The zero-order valence-electron chi connectivity index (χ0n) is 12.9. The SMILES string of the molecule is O=C1c2ccccc2NC2(CCSCC2)N1Cc1cccnc1. The van der Waals surface area contributed by atoms with Gasteiger partial charge in [-0.1, -0.05) is 18.2 Å². The predicted octanol–water partition coefficient (Wildman–Crippen LogP) is 3.37. The number of amides is 1. The van der Waals surface area contributed by atoms with E-state index in [0.29, 0.717) is 6.54 Å². The number of hydrogen-bond acceptors (Lipinski definition) is 4.